The van der Waals surface area contributed by atoms with E-state index in [0.717, 1.165) is 0 Å². The Bertz CT molecular complexity index is 562. The summed E-state index contributed by atoms with van der Waals surface area (Å²) >= 11 is 3.18. The Kier molecular flexibility index (Phi) is 4.63. The maximum Gasteiger partial charge on any atom is 0.150 e. The molecular formula is C13H17BrFNO2S. The van der Waals surface area contributed by atoms with Gasteiger partial charge in [0, 0.05) is 11.6 Å². The fourth-order valence-electron chi connectivity index (χ4n) is 2.58. The number of hydrogen-bond acceptors (Lipinski definition) is 3. The van der Waals surface area contributed by atoms with E-state index >= 15 is 0 Å². The lowest BCUT2D eigenvalue weighted by Gasteiger charge is -2.20. The van der Waals surface area contributed by atoms with Crippen molar-refractivity contribution in [1.29, 1.82) is 0 Å². The number of benzene rings is 1. The number of nitrogens with one attached hydrogen (secondary N) is 1. The van der Waals surface area contributed by atoms with E-state index < -0.39 is 9.84 Å². The number of hydrogen-bond donors (Lipinski definition) is 1. The summed E-state index contributed by atoms with van der Waals surface area (Å²) < 4.78 is 37.4. The summed E-state index contributed by atoms with van der Waals surface area (Å²) in [6.45, 7) is 0. The zero-order valence-electron chi connectivity index (χ0n) is 10.7. The normalized spacial score (nSPS) is 23.4. The molecular weight excluding hydrogens is 333 g/mol. The maximum atomic E-state index is 14.1. The van der Waals surface area contributed by atoms with Gasteiger partial charge < -0.3 is 5.32 Å². The second kappa shape index (κ2) is 5.89. The Morgan fingerprint density at radius 2 is 2.26 bits per heavy atom. The highest BCUT2D eigenvalue weighted by atomic mass is 79.9. The first-order valence-electron chi connectivity index (χ1n) is 6.24. The monoisotopic (exact) mass is 349 g/mol. The van der Waals surface area contributed by atoms with Crippen LogP contribution in [0.1, 0.15) is 24.4 Å². The molecule has 1 aliphatic rings. The van der Waals surface area contributed by atoms with Crippen LogP contribution in [0, 0.1) is 11.7 Å². The van der Waals surface area contributed by atoms with E-state index in [4.69, 9.17) is 0 Å². The summed E-state index contributed by atoms with van der Waals surface area (Å²) in [6.07, 6.45) is 1.32. The average molecular weight is 350 g/mol. The largest absolute Gasteiger partial charge is 0.313 e. The third kappa shape index (κ3) is 3.55. The Hall–Kier alpha value is -0.460. The van der Waals surface area contributed by atoms with Crippen molar-refractivity contribution >= 4 is 25.8 Å². The van der Waals surface area contributed by atoms with Crippen molar-refractivity contribution in [1.82, 2.24) is 5.32 Å². The van der Waals surface area contributed by atoms with E-state index in [1.54, 1.807) is 25.2 Å². The molecule has 106 valence electrons. The van der Waals surface area contributed by atoms with Crippen LogP contribution in [0.5, 0.6) is 0 Å². The van der Waals surface area contributed by atoms with Crippen LogP contribution in [-0.4, -0.2) is 27.0 Å². The molecule has 1 fully saturated rings. The smallest absolute Gasteiger partial charge is 0.150 e. The van der Waals surface area contributed by atoms with Crippen LogP contribution in [0.15, 0.2) is 22.7 Å². The van der Waals surface area contributed by atoms with E-state index in [1.165, 1.54) is 0 Å². The van der Waals surface area contributed by atoms with Crippen molar-refractivity contribution in [2.75, 3.05) is 18.6 Å². The Balaban J connectivity index is 2.15. The minimum absolute atomic E-state index is 0.112. The molecule has 0 radical (unpaired) electrons. The van der Waals surface area contributed by atoms with Gasteiger partial charge in [0.2, 0.25) is 0 Å². The molecule has 0 aromatic heterocycles. The lowest BCUT2D eigenvalue weighted by molar-refractivity contribution is 0.423. The third-order valence-electron chi connectivity index (χ3n) is 3.60. The van der Waals surface area contributed by atoms with Gasteiger partial charge in [0.25, 0.3) is 0 Å². The molecule has 19 heavy (non-hydrogen) atoms. The van der Waals surface area contributed by atoms with E-state index in [9.17, 15) is 12.8 Å². The molecule has 1 N–H and O–H groups in total. The second-order valence-electron chi connectivity index (χ2n) is 4.99. The Labute approximate surface area is 121 Å². The van der Waals surface area contributed by atoms with Gasteiger partial charge in [0.1, 0.15) is 5.82 Å². The first-order valence-corrected chi connectivity index (χ1v) is 8.86. The topological polar surface area (TPSA) is 46.2 Å². The Morgan fingerprint density at radius 3 is 2.84 bits per heavy atom. The molecule has 3 nitrogen and oxygen atoms in total. The van der Waals surface area contributed by atoms with Gasteiger partial charge in [-0.05, 0) is 47.8 Å². The zero-order chi connectivity index (χ0) is 14.0. The molecule has 2 atom stereocenters. The third-order valence-corrected chi connectivity index (χ3v) is 6.05. The molecule has 0 spiro atoms. The molecule has 2 unspecified atom stereocenters. The van der Waals surface area contributed by atoms with Crippen molar-refractivity contribution in [2.45, 2.75) is 18.9 Å². The number of rotatable bonds is 4. The highest BCUT2D eigenvalue weighted by molar-refractivity contribution is 9.10. The van der Waals surface area contributed by atoms with Crippen molar-refractivity contribution in [2.24, 2.45) is 5.92 Å². The molecule has 1 saturated heterocycles. The average Bonchev–Trinajstić information content (AvgIpc) is 2.70. The Morgan fingerprint density at radius 1 is 1.53 bits per heavy atom. The maximum absolute atomic E-state index is 14.1. The van der Waals surface area contributed by atoms with Gasteiger partial charge in [-0.3, -0.25) is 0 Å². The molecule has 0 bridgehead atoms. The number of sulfone groups is 1. The predicted molar refractivity (Wildman–Crippen MR) is 77.3 cm³/mol. The van der Waals surface area contributed by atoms with E-state index in [0.29, 0.717) is 22.9 Å². The van der Waals surface area contributed by atoms with Crippen molar-refractivity contribution in [3.8, 4) is 0 Å². The predicted octanol–water partition coefficient (Wildman–Crippen LogP) is 2.67. The summed E-state index contributed by atoms with van der Waals surface area (Å²) in [5.74, 6) is 0.319. The van der Waals surface area contributed by atoms with Crippen LogP contribution in [-0.2, 0) is 9.84 Å². The van der Waals surface area contributed by atoms with Crippen LogP contribution in [0.25, 0.3) is 0 Å². The van der Waals surface area contributed by atoms with E-state index in [1.807, 2.05) is 0 Å². The minimum Gasteiger partial charge on any atom is -0.313 e. The molecule has 0 amide bonds. The molecule has 1 aliphatic heterocycles. The lowest BCUT2D eigenvalue weighted by Crippen LogP contribution is -2.21. The highest BCUT2D eigenvalue weighted by Gasteiger charge is 2.30. The van der Waals surface area contributed by atoms with Crippen LogP contribution in [0.3, 0.4) is 0 Å². The van der Waals surface area contributed by atoms with Crippen LogP contribution in [0.2, 0.25) is 0 Å². The van der Waals surface area contributed by atoms with Crippen LogP contribution < -0.4 is 5.32 Å². The van der Waals surface area contributed by atoms with Crippen LogP contribution in [0.4, 0.5) is 4.39 Å². The lowest BCUT2D eigenvalue weighted by atomic mass is 9.94. The molecule has 1 aromatic rings. The standard InChI is InChI=1S/C13H17BrFNO2S/c1-16-12(7-9-5-6-19(17,18)8-9)10-3-2-4-11(14)13(10)15/h2-4,9,12,16H,5-8H2,1H3. The molecule has 1 aromatic carbocycles. The van der Waals surface area contributed by atoms with Crippen molar-refractivity contribution in [3.63, 3.8) is 0 Å². The van der Waals surface area contributed by atoms with Gasteiger partial charge in [-0.15, -0.1) is 0 Å². The van der Waals surface area contributed by atoms with E-state index in [-0.39, 0.29) is 29.3 Å². The molecule has 6 heteroatoms. The fraction of sp³-hybridized carbons (Fsp3) is 0.538. The summed E-state index contributed by atoms with van der Waals surface area (Å²) in [4.78, 5) is 0. The van der Waals surface area contributed by atoms with Crippen molar-refractivity contribution < 1.29 is 12.8 Å². The fourth-order valence-corrected chi connectivity index (χ4v) is 4.84. The van der Waals surface area contributed by atoms with Crippen LogP contribution >= 0.6 is 15.9 Å². The molecule has 0 aliphatic carbocycles. The molecule has 2 rings (SSSR count). The van der Waals surface area contributed by atoms with Gasteiger partial charge in [0.15, 0.2) is 9.84 Å². The SMILES string of the molecule is CNC(CC1CCS(=O)(=O)C1)c1cccc(Br)c1F. The minimum atomic E-state index is -2.88. The second-order valence-corrected chi connectivity index (χ2v) is 8.07. The first-order chi connectivity index (χ1) is 8.93. The van der Waals surface area contributed by atoms with Gasteiger partial charge in [-0.25, -0.2) is 12.8 Å². The highest BCUT2D eigenvalue weighted by Crippen LogP contribution is 2.31. The zero-order valence-corrected chi connectivity index (χ0v) is 13.1. The summed E-state index contributed by atoms with van der Waals surface area (Å²) in [5.41, 5.74) is 0.584. The molecule has 0 saturated carbocycles. The number of halogens is 2. The van der Waals surface area contributed by atoms with Crippen molar-refractivity contribution in [3.05, 3.63) is 34.1 Å². The summed E-state index contributed by atoms with van der Waals surface area (Å²) in [6, 6.07) is 5.03. The van der Waals surface area contributed by atoms with Gasteiger partial charge in [-0.1, -0.05) is 12.1 Å². The quantitative estimate of drug-likeness (QED) is 0.908. The van der Waals surface area contributed by atoms with Gasteiger partial charge in [0.05, 0.1) is 16.0 Å². The summed E-state index contributed by atoms with van der Waals surface area (Å²) in [7, 11) is -1.11. The van der Waals surface area contributed by atoms with Gasteiger partial charge in [-0.2, -0.15) is 0 Å². The van der Waals surface area contributed by atoms with E-state index in [2.05, 4.69) is 21.2 Å². The molecule has 1 heterocycles. The summed E-state index contributed by atoms with van der Waals surface area (Å²) in [5, 5.41) is 3.08. The van der Waals surface area contributed by atoms with Gasteiger partial charge >= 0.3 is 0 Å². The first kappa shape index (κ1) is 14.9.